The standard InChI is InChI=1S/C21H20N6O/c1-14-9-17(16-6-4-8-22-12-16)11-19(24-14)21(28)25-18-7-3-5-15(10-18)20-26-23-13-27(20)2/h4-6,8-13H,3,7H2,1-2H3,(H,25,28). The predicted octanol–water partition coefficient (Wildman–Crippen LogP) is 3.07. The molecule has 1 N–H and O–H groups in total. The Balaban J connectivity index is 1.57. The topological polar surface area (TPSA) is 85.6 Å². The van der Waals surface area contributed by atoms with E-state index in [1.54, 1.807) is 24.8 Å². The summed E-state index contributed by atoms with van der Waals surface area (Å²) < 4.78 is 1.86. The lowest BCUT2D eigenvalue weighted by Crippen LogP contribution is -2.25. The van der Waals surface area contributed by atoms with Crippen molar-refractivity contribution >= 4 is 11.5 Å². The van der Waals surface area contributed by atoms with Gasteiger partial charge in [0.1, 0.15) is 12.0 Å². The van der Waals surface area contributed by atoms with Crippen LogP contribution < -0.4 is 5.32 Å². The average molecular weight is 372 g/mol. The Morgan fingerprint density at radius 2 is 2.14 bits per heavy atom. The van der Waals surface area contributed by atoms with Crippen molar-refractivity contribution in [3.63, 3.8) is 0 Å². The number of aryl methyl sites for hydroxylation is 2. The number of carbonyl (C=O) groups excluding carboxylic acids is 1. The van der Waals surface area contributed by atoms with Gasteiger partial charge < -0.3 is 9.88 Å². The maximum Gasteiger partial charge on any atom is 0.274 e. The first kappa shape index (κ1) is 17.8. The van der Waals surface area contributed by atoms with Gasteiger partial charge in [-0.1, -0.05) is 12.1 Å². The lowest BCUT2D eigenvalue weighted by Gasteiger charge is -2.15. The highest BCUT2D eigenvalue weighted by Crippen LogP contribution is 2.23. The molecule has 0 radical (unpaired) electrons. The molecule has 0 spiro atoms. The van der Waals surface area contributed by atoms with Gasteiger partial charge in [-0.05, 0) is 49.6 Å². The number of nitrogens with one attached hydrogen (secondary N) is 1. The molecule has 7 heteroatoms. The fourth-order valence-electron chi connectivity index (χ4n) is 3.20. The molecule has 1 amide bonds. The summed E-state index contributed by atoms with van der Waals surface area (Å²) in [4.78, 5) is 21.4. The van der Waals surface area contributed by atoms with Crippen LogP contribution in [0.3, 0.4) is 0 Å². The molecule has 3 heterocycles. The summed E-state index contributed by atoms with van der Waals surface area (Å²) in [5, 5.41) is 11.1. The summed E-state index contributed by atoms with van der Waals surface area (Å²) in [6, 6.07) is 7.58. The van der Waals surface area contributed by atoms with Crippen LogP contribution >= 0.6 is 0 Å². The zero-order valence-electron chi connectivity index (χ0n) is 15.8. The molecular formula is C21H20N6O. The van der Waals surface area contributed by atoms with Gasteiger partial charge >= 0.3 is 0 Å². The minimum absolute atomic E-state index is 0.223. The molecule has 0 atom stereocenters. The van der Waals surface area contributed by atoms with E-state index >= 15 is 0 Å². The number of carbonyl (C=O) groups is 1. The number of allylic oxidation sites excluding steroid dienone is 4. The molecule has 140 valence electrons. The number of hydrogen-bond acceptors (Lipinski definition) is 5. The largest absolute Gasteiger partial charge is 0.324 e. The average Bonchev–Trinajstić information content (AvgIpc) is 3.14. The highest BCUT2D eigenvalue weighted by atomic mass is 16.1. The molecule has 1 aliphatic carbocycles. The molecule has 3 aromatic rings. The van der Waals surface area contributed by atoms with Gasteiger partial charge in [0.2, 0.25) is 0 Å². The summed E-state index contributed by atoms with van der Waals surface area (Å²) in [6.45, 7) is 1.88. The summed E-state index contributed by atoms with van der Waals surface area (Å²) >= 11 is 0. The first-order valence-electron chi connectivity index (χ1n) is 9.06. The second-order valence-electron chi connectivity index (χ2n) is 6.71. The minimum Gasteiger partial charge on any atom is -0.324 e. The van der Waals surface area contributed by atoms with Crippen LogP contribution in [-0.4, -0.2) is 30.6 Å². The van der Waals surface area contributed by atoms with Gasteiger partial charge in [-0.2, -0.15) is 0 Å². The lowest BCUT2D eigenvalue weighted by molar-refractivity contribution is 0.0959. The normalized spacial score (nSPS) is 13.6. The Kier molecular flexibility index (Phi) is 4.80. The first-order valence-corrected chi connectivity index (χ1v) is 9.06. The molecule has 0 unspecified atom stereocenters. The number of aromatic nitrogens is 5. The highest BCUT2D eigenvalue weighted by Gasteiger charge is 2.16. The number of hydrogen-bond donors (Lipinski definition) is 1. The molecule has 4 rings (SSSR count). The molecule has 0 aliphatic heterocycles. The Morgan fingerprint density at radius 1 is 1.25 bits per heavy atom. The van der Waals surface area contributed by atoms with Gasteiger partial charge in [0.05, 0.1) is 0 Å². The van der Waals surface area contributed by atoms with Crippen LogP contribution in [0.5, 0.6) is 0 Å². The Hall–Kier alpha value is -3.61. The van der Waals surface area contributed by atoms with E-state index in [-0.39, 0.29) is 5.91 Å². The highest BCUT2D eigenvalue weighted by molar-refractivity contribution is 5.95. The van der Waals surface area contributed by atoms with Crippen molar-refractivity contribution in [3.8, 4) is 11.1 Å². The van der Waals surface area contributed by atoms with Crippen LogP contribution in [0.4, 0.5) is 0 Å². The fraction of sp³-hybridized carbons (Fsp3) is 0.190. The van der Waals surface area contributed by atoms with Crippen molar-refractivity contribution in [1.29, 1.82) is 0 Å². The number of amides is 1. The van der Waals surface area contributed by atoms with Crippen molar-refractivity contribution in [1.82, 2.24) is 30.0 Å². The quantitative estimate of drug-likeness (QED) is 0.761. The van der Waals surface area contributed by atoms with E-state index in [4.69, 9.17) is 0 Å². The maximum atomic E-state index is 12.8. The second kappa shape index (κ2) is 7.56. The third-order valence-electron chi connectivity index (χ3n) is 4.53. The van der Waals surface area contributed by atoms with Crippen molar-refractivity contribution in [2.75, 3.05) is 0 Å². The maximum absolute atomic E-state index is 12.8. The van der Waals surface area contributed by atoms with Crippen molar-refractivity contribution in [3.05, 3.63) is 78.0 Å². The molecule has 3 aromatic heterocycles. The molecule has 0 aromatic carbocycles. The predicted molar refractivity (Wildman–Crippen MR) is 106 cm³/mol. The molecular weight excluding hydrogens is 352 g/mol. The molecule has 0 fully saturated rings. The van der Waals surface area contributed by atoms with Gasteiger partial charge in [0.15, 0.2) is 5.82 Å². The van der Waals surface area contributed by atoms with Crippen LogP contribution in [0.15, 0.2) is 60.8 Å². The molecule has 0 saturated carbocycles. The van der Waals surface area contributed by atoms with Crippen LogP contribution in [0.2, 0.25) is 0 Å². The zero-order valence-corrected chi connectivity index (χ0v) is 15.8. The van der Waals surface area contributed by atoms with Crippen molar-refractivity contribution in [2.45, 2.75) is 19.8 Å². The van der Waals surface area contributed by atoms with E-state index in [0.717, 1.165) is 46.8 Å². The number of rotatable bonds is 4. The summed E-state index contributed by atoms with van der Waals surface area (Å²) in [7, 11) is 1.90. The summed E-state index contributed by atoms with van der Waals surface area (Å²) in [5.74, 6) is 0.554. The van der Waals surface area contributed by atoms with E-state index in [0.29, 0.717) is 5.69 Å². The van der Waals surface area contributed by atoms with Crippen LogP contribution in [0.25, 0.3) is 16.7 Å². The van der Waals surface area contributed by atoms with Gasteiger partial charge in [0.25, 0.3) is 5.91 Å². The molecule has 28 heavy (non-hydrogen) atoms. The number of nitrogens with zero attached hydrogens (tertiary/aromatic N) is 5. The van der Waals surface area contributed by atoms with Gasteiger partial charge in [-0.15, -0.1) is 10.2 Å². The van der Waals surface area contributed by atoms with Crippen molar-refractivity contribution < 1.29 is 4.79 Å². The molecule has 0 bridgehead atoms. The minimum atomic E-state index is -0.223. The number of pyridine rings is 2. The van der Waals surface area contributed by atoms with Gasteiger partial charge in [-0.3, -0.25) is 9.78 Å². The summed E-state index contributed by atoms with van der Waals surface area (Å²) in [5.41, 5.74) is 4.83. The Morgan fingerprint density at radius 3 is 2.89 bits per heavy atom. The van der Waals surface area contributed by atoms with Crippen LogP contribution in [-0.2, 0) is 7.05 Å². The Bertz CT molecular complexity index is 1080. The van der Waals surface area contributed by atoms with E-state index in [2.05, 4.69) is 31.6 Å². The van der Waals surface area contributed by atoms with Gasteiger partial charge in [-0.25, -0.2) is 4.98 Å². The Labute approximate surface area is 162 Å². The lowest BCUT2D eigenvalue weighted by atomic mass is 10.0. The van der Waals surface area contributed by atoms with Crippen molar-refractivity contribution in [2.24, 2.45) is 7.05 Å². The second-order valence-corrected chi connectivity index (χ2v) is 6.71. The fourth-order valence-corrected chi connectivity index (χ4v) is 3.20. The van der Waals surface area contributed by atoms with Crippen LogP contribution in [0, 0.1) is 6.92 Å². The SMILES string of the molecule is Cc1cc(-c2cccnc2)cc(C(=O)NC2=CC(c3nncn3C)=CCC2)n1. The molecule has 7 nitrogen and oxygen atoms in total. The molecule has 1 aliphatic rings. The first-order chi connectivity index (χ1) is 13.6. The third kappa shape index (κ3) is 3.73. The molecule has 0 saturated heterocycles. The monoisotopic (exact) mass is 372 g/mol. The third-order valence-corrected chi connectivity index (χ3v) is 4.53. The van der Waals surface area contributed by atoms with E-state index in [9.17, 15) is 4.79 Å². The van der Waals surface area contributed by atoms with E-state index in [1.165, 1.54) is 0 Å². The van der Waals surface area contributed by atoms with Crippen LogP contribution in [0.1, 0.15) is 34.8 Å². The smallest absolute Gasteiger partial charge is 0.274 e. The zero-order chi connectivity index (χ0) is 19.5. The van der Waals surface area contributed by atoms with E-state index in [1.807, 2.05) is 42.8 Å². The van der Waals surface area contributed by atoms with Gasteiger partial charge in [0, 0.05) is 42.0 Å². The summed E-state index contributed by atoms with van der Waals surface area (Å²) in [6.07, 6.45) is 10.8. The van der Waals surface area contributed by atoms with E-state index < -0.39 is 0 Å².